The second-order valence-electron chi connectivity index (χ2n) is 4.32. The van der Waals surface area contributed by atoms with Gasteiger partial charge in [0.1, 0.15) is 12.1 Å². The van der Waals surface area contributed by atoms with Gasteiger partial charge in [-0.1, -0.05) is 23.8 Å². The van der Waals surface area contributed by atoms with Gasteiger partial charge in [-0.05, 0) is 25.1 Å². The van der Waals surface area contributed by atoms with E-state index < -0.39 is 0 Å². The summed E-state index contributed by atoms with van der Waals surface area (Å²) in [6.45, 7) is 7.59. The summed E-state index contributed by atoms with van der Waals surface area (Å²) < 4.78 is 5.42. The van der Waals surface area contributed by atoms with Crippen LogP contribution < -0.4 is 5.32 Å². The van der Waals surface area contributed by atoms with Gasteiger partial charge in [-0.25, -0.2) is 9.97 Å². The summed E-state index contributed by atoms with van der Waals surface area (Å²) in [6, 6.07) is 5.56. The maximum Gasteiger partial charge on any atom is 0.137 e. The Hall–Kier alpha value is -1.65. The average Bonchev–Trinajstić information content (AvgIpc) is 2.37. The number of hydrogen-bond donors (Lipinski definition) is 1. The molecule has 19 heavy (non-hydrogen) atoms. The number of ether oxygens (including phenoxy) is 1. The highest BCUT2D eigenvalue weighted by Gasteiger charge is 2.03. The molecule has 0 amide bonds. The fourth-order valence-corrected chi connectivity index (χ4v) is 1.83. The lowest BCUT2D eigenvalue weighted by molar-refractivity contribution is 0.167. The van der Waals surface area contributed by atoms with E-state index in [4.69, 9.17) is 16.3 Å². The summed E-state index contributed by atoms with van der Waals surface area (Å²) in [5, 5.41) is 4.85. The molecule has 1 aromatic carbocycles. The first-order valence-corrected chi connectivity index (χ1v) is 6.41. The van der Waals surface area contributed by atoms with E-state index in [1.165, 1.54) is 6.33 Å². The van der Waals surface area contributed by atoms with Crippen molar-refractivity contribution in [2.75, 3.05) is 25.1 Å². The molecule has 0 unspecified atom stereocenters. The van der Waals surface area contributed by atoms with Crippen LogP contribution in [0.1, 0.15) is 6.92 Å². The van der Waals surface area contributed by atoms with E-state index in [1.54, 1.807) is 0 Å². The zero-order chi connectivity index (χ0) is 13.7. The highest BCUT2D eigenvalue weighted by Crippen LogP contribution is 2.22. The van der Waals surface area contributed by atoms with E-state index in [-0.39, 0.29) is 0 Å². The van der Waals surface area contributed by atoms with Crippen molar-refractivity contribution in [1.82, 2.24) is 9.97 Å². The van der Waals surface area contributed by atoms with Crippen molar-refractivity contribution in [2.45, 2.75) is 6.92 Å². The third-order valence-electron chi connectivity index (χ3n) is 2.49. The van der Waals surface area contributed by atoms with Crippen molar-refractivity contribution in [3.63, 3.8) is 0 Å². The van der Waals surface area contributed by atoms with Gasteiger partial charge in [0.15, 0.2) is 0 Å². The lowest BCUT2D eigenvalue weighted by atomic mass is 10.2. The number of nitrogens with zero attached hydrogens (tertiary/aromatic N) is 2. The van der Waals surface area contributed by atoms with Gasteiger partial charge >= 0.3 is 0 Å². The Morgan fingerprint density at radius 1 is 1.42 bits per heavy atom. The predicted octanol–water partition coefficient (Wildman–Crippen LogP) is 3.29. The van der Waals surface area contributed by atoms with Gasteiger partial charge in [0, 0.05) is 17.0 Å². The molecule has 0 radical (unpaired) electrons. The molecule has 0 aliphatic carbocycles. The first-order chi connectivity index (χ1) is 9.16. The molecule has 0 aliphatic rings. The van der Waals surface area contributed by atoms with Crippen molar-refractivity contribution in [3.8, 4) is 0 Å². The van der Waals surface area contributed by atoms with Crippen LogP contribution in [0, 0.1) is 0 Å². The van der Waals surface area contributed by atoms with Gasteiger partial charge < -0.3 is 10.1 Å². The molecule has 0 saturated carbocycles. The fourth-order valence-electron chi connectivity index (χ4n) is 1.66. The molecule has 0 spiro atoms. The van der Waals surface area contributed by atoms with Crippen LogP contribution in [-0.4, -0.2) is 29.7 Å². The zero-order valence-electron chi connectivity index (χ0n) is 10.8. The van der Waals surface area contributed by atoms with Crippen LogP contribution >= 0.6 is 11.6 Å². The first kappa shape index (κ1) is 13.8. The Morgan fingerprint density at radius 2 is 2.26 bits per heavy atom. The number of hydrogen-bond acceptors (Lipinski definition) is 4. The Labute approximate surface area is 117 Å². The summed E-state index contributed by atoms with van der Waals surface area (Å²) >= 11 is 5.94. The lowest BCUT2D eigenvalue weighted by Gasteiger charge is -2.09. The second kappa shape index (κ2) is 6.50. The zero-order valence-corrected chi connectivity index (χ0v) is 11.6. The second-order valence-corrected chi connectivity index (χ2v) is 4.76. The largest absolute Gasteiger partial charge is 0.375 e. The molecule has 2 rings (SSSR count). The molecule has 1 N–H and O–H groups in total. The maximum absolute atomic E-state index is 5.94. The summed E-state index contributed by atoms with van der Waals surface area (Å²) in [6.07, 6.45) is 1.52. The quantitative estimate of drug-likeness (QED) is 0.650. The van der Waals surface area contributed by atoms with Crippen molar-refractivity contribution in [3.05, 3.63) is 41.7 Å². The van der Waals surface area contributed by atoms with Crippen LogP contribution in [0.5, 0.6) is 0 Å². The van der Waals surface area contributed by atoms with E-state index in [9.17, 15) is 0 Å². The lowest BCUT2D eigenvalue weighted by Crippen LogP contribution is -2.11. The maximum atomic E-state index is 5.94. The molecule has 0 fully saturated rings. The third-order valence-corrected chi connectivity index (χ3v) is 2.72. The summed E-state index contributed by atoms with van der Waals surface area (Å²) in [5.41, 5.74) is 1.84. The highest BCUT2D eigenvalue weighted by atomic mass is 35.5. The Kier molecular flexibility index (Phi) is 4.71. The summed E-state index contributed by atoms with van der Waals surface area (Å²) in [4.78, 5) is 8.42. The standard InChI is InChI=1S/C14H16ClN3O/c1-10(2)8-19-6-5-16-14-12-4-3-11(15)7-13(12)17-9-18-14/h3-4,7,9H,1,5-6,8H2,2H3,(H,16,17,18). The molecule has 2 aromatic rings. The van der Waals surface area contributed by atoms with Gasteiger partial charge in [0.2, 0.25) is 0 Å². The van der Waals surface area contributed by atoms with Gasteiger partial charge in [0.05, 0.1) is 18.7 Å². The third kappa shape index (κ3) is 3.91. The van der Waals surface area contributed by atoms with Crippen LogP contribution in [0.3, 0.4) is 0 Å². The van der Waals surface area contributed by atoms with Crippen molar-refractivity contribution >= 4 is 28.3 Å². The number of rotatable bonds is 6. The Bertz CT molecular complexity index is 586. The molecule has 4 nitrogen and oxygen atoms in total. The highest BCUT2D eigenvalue weighted by molar-refractivity contribution is 6.31. The molecular formula is C14H16ClN3O. The average molecular weight is 278 g/mol. The number of benzene rings is 1. The normalized spacial score (nSPS) is 10.6. The van der Waals surface area contributed by atoms with Crippen LogP contribution in [0.4, 0.5) is 5.82 Å². The van der Waals surface area contributed by atoms with Gasteiger partial charge in [0.25, 0.3) is 0 Å². The van der Waals surface area contributed by atoms with Gasteiger partial charge in [-0.3, -0.25) is 0 Å². The van der Waals surface area contributed by atoms with E-state index in [0.29, 0.717) is 24.8 Å². The molecule has 1 aromatic heterocycles. The molecule has 100 valence electrons. The van der Waals surface area contributed by atoms with Crippen LogP contribution in [0.15, 0.2) is 36.7 Å². The van der Waals surface area contributed by atoms with Crippen molar-refractivity contribution < 1.29 is 4.74 Å². The molecule has 0 aliphatic heterocycles. The fraction of sp³-hybridized carbons (Fsp3) is 0.286. The molecule has 1 heterocycles. The molecule has 0 saturated heterocycles. The van der Waals surface area contributed by atoms with E-state index in [1.807, 2.05) is 25.1 Å². The monoisotopic (exact) mass is 277 g/mol. The van der Waals surface area contributed by atoms with E-state index in [0.717, 1.165) is 22.3 Å². The molecule has 0 atom stereocenters. The summed E-state index contributed by atoms with van der Waals surface area (Å²) in [7, 11) is 0. The predicted molar refractivity (Wildman–Crippen MR) is 78.7 cm³/mol. The van der Waals surface area contributed by atoms with Crippen LogP contribution in [0.2, 0.25) is 5.02 Å². The molecular weight excluding hydrogens is 262 g/mol. The summed E-state index contributed by atoms with van der Waals surface area (Å²) in [5.74, 6) is 0.792. The minimum atomic E-state index is 0.585. The topological polar surface area (TPSA) is 47.0 Å². The first-order valence-electron chi connectivity index (χ1n) is 6.03. The smallest absolute Gasteiger partial charge is 0.137 e. The number of halogens is 1. The number of anilines is 1. The van der Waals surface area contributed by atoms with Crippen molar-refractivity contribution in [1.29, 1.82) is 0 Å². The van der Waals surface area contributed by atoms with Gasteiger partial charge in [-0.2, -0.15) is 0 Å². The number of aromatic nitrogens is 2. The molecule has 5 heteroatoms. The molecule has 0 bridgehead atoms. The van der Waals surface area contributed by atoms with Crippen molar-refractivity contribution in [2.24, 2.45) is 0 Å². The van der Waals surface area contributed by atoms with Crippen LogP contribution in [-0.2, 0) is 4.74 Å². The van der Waals surface area contributed by atoms with Crippen LogP contribution in [0.25, 0.3) is 10.9 Å². The van der Waals surface area contributed by atoms with E-state index in [2.05, 4.69) is 21.9 Å². The number of fused-ring (bicyclic) bond motifs is 1. The van der Waals surface area contributed by atoms with Gasteiger partial charge in [-0.15, -0.1) is 0 Å². The SMILES string of the molecule is C=C(C)COCCNc1ncnc2cc(Cl)ccc12. The minimum Gasteiger partial charge on any atom is -0.375 e. The Balaban J connectivity index is 1.99. The minimum absolute atomic E-state index is 0.585. The number of nitrogens with one attached hydrogen (secondary N) is 1. The Morgan fingerprint density at radius 3 is 3.05 bits per heavy atom. The van der Waals surface area contributed by atoms with E-state index >= 15 is 0 Å².